The molecule has 0 aliphatic carbocycles. The largest absolute Gasteiger partial charge is 0.338 e. The predicted molar refractivity (Wildman–Crippen MR) is 132 cm³/mol. The first-order valence-corrected chi connectivity index (χ1v) is 12.8. The number of rotatable bonds is 5. The van der Waals surface area contributed by atoms with Gasteiger partial charge in [-0.1, -0.05) is 29.3 Å². The smallest absolute Gasteiger partial charge is 0.260 e. The maximum Gasteiger partial charge on any atom is 0.260 e. The maximum atomic E-state index is 13.6. The molecule has 2 fully saturated rings. The number of carbonyl (C=O) groups excluding carboxylic acids is 1. The first-order valence-electron chi connectivity index (χ1n) is 11.1. The number of likely N-dealkylation sites (tertiary alicyclic amines) is 2. The van der Waals surface area contributed by atoms with E-state index in [1.54, 1.807) is 12.1 Å². The van der Waals surface area contributed by atoms with Crippen molar-refractivity contribution in [1.82, 2.24) is 14.4 Å². The SMILES string of the molecule is O=C(Cn1cc(CN2CCCC2)c2scc(-c3ccc(Cl)c(Cl)c3)c2c1=O)N1CCC(F)C1. The first-order chi connectivity index (χ1) is 15.9. The summed E-state index contributed by atoms with van der Waals surface area (Å²) < 4.78 is 16.1. The zero-order valence-corrected chi connectivity index (χ0v) is 20.4. The Hall–Kier alpha value is -1.93. The molecule has 174 valence electrons. The number of aromatic nitrogens is 1. The van der Waals surface area contributed by atoms with Crippen LogP contribution in [-0.4, -0.2) is 52.6 Å². The summed E-state index contributed by atoms with van der Waals surface area (Å²) >= 11 is 13.9. The summed E-state index contributed by atoms with van der Waals surface area (Å²) in [5.74, 6) is -0.227. The van der Waals surface area contributed by atoms with E-state index in [9.17, 15) is 14.0 Å². The number of alkyl halides is 1. The number of benzene rings is 1. The molecule has 0 spiro atoms. The van der Waals surface area contributed by atoms with Gasteiger partial charge in [0.25, 0.3) is 5.56 Å². The summed E-state index contributed by atoms with van der Waals surface area (Å²) in [4.78, 5) is 30.3. The Bertz CT molecular complexity index is 1270. The molecule has 4 heterocycles. The summed E-state index contributed by atoms with van der Waals surface area (Å²) in [6.07, 6.45) is 3.52. The van der Waals surface area contributed by atoms with E-state index in [1.807, 2.05) is 17.6 Å². The number of thiophene rings is 1. The van der Waals surface area contributed by atoms with Crippen LogP contribution in [0.25, 0.3) is 21.2 Å². The minimum Gasteiger partial charge on any atom is -0.338 e. The van der Waals surface area contributed by atoms with Crippen molar-refractivity contribution in [2.45, 2.75) is 38.5 Å². The fourth-order valence-corrected chi connectivity index (χ4v) is 6.10. The van der Waals surface area contributed by atoms with Crippen molar-refractivity contribution in [3.63, 3.8) is 0 Å². The van der Waals surface area contributed by atoms with Gasteiger partial charge in [-0.3, -0.25) is 14.5 Å². The Morgan fingerprint density at radius 3 is 2.64 bits per heavy atom. The molecule has 1 aromatic carbocycles. The molecule has 9 heteroatoms. The van der Waals surface area contributed by atoms with Gasteiger partial charge in [-0.2, -0.15) is 0 Å². The molecule has 2 aliphatic rings. The normalized spacial score (nSPS) is 19.1. The van der Waals surface area contributed by atoms with Crippen LogP contribution in [0.15, 0.2) is 34.6 Å². The average molecular weight is 508 g/mol. The summed E-state index contributed by atoms with van der Waals surface area (Å²) in [6, 6.07) is 5.34. The molecule has 2 aliphatic heterocycles. The molecular weight excluding hydrogens is 484 g/mol. The Labute approximate surface area is 205 Å². The topological polar surface area (TPSA) is 45.6 Å². The number of carbonyl (C=O) groups is 1. The number of hydrogen-bond acceptors (Lipinski definition) is 4. The van der Waals surface area contributed by atoms with E-state index in [4.69, 9.17) is 23.2 Å². The minimum absolute atomic E-state index is 0.0921. The van der Waals surface area contributed by atoms with E-state index >= 15 is 0 Å². The zero-order chi connectivity index (χ0) is 23.1. The van der Waals surface area contributed by atoms with Crippen LogP contribution < -0.4 is 5.56 Å². The molecular formula is C24H24Cl2FN3O2S. The van der Waals surface area contributed by atoms with Gasteiger partial charge in [-0.05, 0) is 50.0 Å². The lowest BCUT2D eigenvalue weighted by Gasteiger charge is -2.19. The van der Waals surface area contributed by atoms with Gasteiger partial charge < -0.3 is 9.47 Å². The number of nitrogens with zero attached hydrogens (tertiary/aromatic N) is 3. The summed E-state index contributed by atoms with van der Waals surface area (Å²) in [5, 5.41) is 3.44. The lowest BCUT2D eigenvalue weighted by molar-refractivity contribution is -0.131. The third-order valence-corrected chi connectivity index (χ3v) is 8.28. The Balaban J connectivity index is 1.59. The number of halogens is 3. The lowest BCUT2D eigenvalue weighted by Crippen LogP contribution is -2.35. The van der Waals surface area contributed by atoms with Crippen molar-refractivity contribution in [3.05, 3.63) is 55.7 Å². The molecule has 0 radical (unpaired) electrons. The average Bonchev–Trinajstić information content (AvgIpc) is 3.54. The third kappa shape index (κ3) is 4.56. The van der Waals surface area contributed by atoms with Crippen LogP contribution in [0.3, 0.4) is 0 Å². The lowest BCUT2D eigenvalue weighted by atomic mass is 10.0. The van der Waals surface area contributed by atoms with Crippen molar-refractivity contribution in [1.29, 1.82) is 0 Å². The fraction of sp³-hybridized carbons (Fsp3) is 0.417. The Morgan fingerprint density at radius 2 is 1.94 bits per heavy atom. The van der Waals surface area contributed by atoms with Crippen molar-refractivity contribution >= 4 is 50.5 Å². The van der Waals surface area contributed by atoms with E-state index in [1.165, 1.54) is 33.6 Å². The van der Waals surface area contributed by atoms with Crippen molar-refractivity contribution in [2.75, 3.05) is 26.2 Å². The van der Waals surface area contributed by atoms with Gasteiger partial charge >= 0.3 is 0 Å². The van der Waals surface area contributed by atoms with Gasteiger partial charge in [-0.15, -0.1) is 11.3 Å². The van der Waals surface area contributed by atoms with E-state index in [2.05, 4.69) is 4.90 Å². The van der Waals surface area contributed by atoms with Crippen LogP contribution in [0, 0.1) is 0 Å². The van der Waals surface area contributed by atoms with Crippen LogP contribution in [0.5, 0.6) is 0 Å². The van der Waals surface area contributed by atoms with E-state index in [0.717, 1.165) is 41.0 Å². The molecule has 3 aromatic rings. The van der Waals surface area contributed by atoms with Crippen molar-refractivity contribution in [2.24, 2.45) is 0 Å². The Morgan fingerprint density at radius 1 is 1.15 bits per heavy atom. The van der Waals surface area contributed by atoms with Crippen LogP contribution in [-0.2, 0) is 17.9 Å². The van der Waals surface area contributed by atoms with Crippen LogP contribution in [0.1, 0.15) is 24.8 Å². The van der Waals surface area contributed by atoms with Gasteiger partial charge in [0, 0.05) is 40.5 Å². The summed E-state index contributed by atoms with van der Waals surface area (Å²) in [6.45, 7) is 3.17. The highest BCUT2D eigenvalue weighted by Crippen LogP contribution is 2.37. The number of amides is 1. The third-order valence-electron chi connectivity index (χ3n) is 6.48. The maximum absolute atomic E-state index is 13.6. The highest BCUT2D eigenvalue weighted by Gasteiger charge is 2.27. The van der Waals surface area contributed by atoms with Crippen molar-refractivity contribution in [3.8, 4) is 11.1 Å². The fourth-order valence-electron chi connectivity index (χ4n) is 4.73. The second kappa shape index (κ2) is 9.37. The highest BCUT2D eigenvalue weighted by atomic mass is 35.5. The highest BCUT2D eigenvalue weighted by molar-refractivity contribution is 7.18. The summed E-state index contributed by atoms with van der Waals surface area (Å²) in [5.41, 5.74) is 2.40. The van der Waals surface area contributed by atoms with E-state index in [-0.39, 0.29) is 24.6 Å². The number of fused-ring (bicyclic) bond motifs is 1. The predicted octanol–water partition coefficient (Wildman–Crippen LogP) is 5.20. The van der Waals surface area contributed by atoms with Gasteiger partial charge in [0.05, 0.1) is 22.0 Å². The molecule has 33 heavy (non-hydrogen) atoms. The number of hydrogen-bond donors (Lipinski definition) is 0. The monoisotopic (exact) mass is 507 g/mol. The molecule has 1 amide bonds. The first kappa shape index (κ1) is 22.8. The van der Waals surface area contributed by atoms with Gasteiger partial charge in [0.2, 0.25) is 5.91 Å². The van der Waals surface area contributed by atoms with Gasteiger partial charge in [0.1, 0.15) is 12.7 Å². The molecule has 1 atom stereocenters. The standard InChI is InChI=1S/C24H24Cl2FN3O2S/c25-19-4-3-15(9-20(19)26)18-14-33-23-16(10-28-6-1-2-7-28)11-30(24(32)22(18)23)13-21(31)29-8-5-17(27)12-29/h3-4,9,11,14,17H,1-2,5-8,10,12-13H2. The molecule has 2 saturated heterocycles. The molecule has 0 N–H and O–H groups in total. The van der Waals surface area contributed by atoms with Crippen LogP contribution in [0.4, 0.5) is 4.39 Å². The molecule has 5 rings (SSSR count). The Kier molecular flexibility index (Phi) is 6.49. The quantitative estimate of drug-likeness (QED) is 0.476. The van der Waals surface area contributed by atoms with Crippen molar-refractivity contribution < 1.29 is 9.18 Å². The molecule has 1 unspecified atom stereocenters. The van der Waals surface area contributed by atoms with E-state index in [0.29, 0.717) is 28.4 Å². The van der Waals surface area contributed by atoms with Crippen LogP contribution in [0.2, 0.25) is 10.0 Å². The zero-order valence-electron chi connectivity index (χ0n) is 18.0. The van der Waals surface area contributed by atoms with Gasteiger partial charge in [-0.25, -0.2) is 4.39 Å². The molecule has 2 aromatic heterocycles. The van der Waals surface area contributed by atoms with Crippen LogP contribution >= 0.6 is 34.5 Å². The van der Waals surface area contributed by atoms with E-state index < -0.39 is 6.17 Å². The molecule has 0 bridgehead atoms. The second-order valence-electron chi connectivity index (χ2n) is 8.78. The second-order valence-corrected chi connectivity index (χ2v) is 10.5. The molecule has 0 saturated carbocycles. The summed E-state index contributed by atoms with van der Waals surface area (Å²) in [7, 11) is 0. The molecule has 5 nitrogen and oxygen atoms in total. The number of pyridine rings is 1. The van der Waals surface area contributed by atoms with Gasteiger partial charge in [0.15, 0.2) is 0 Å². The minimum atomic E-state index is -0.989.